The molecule has 150 valence electrons. The average molecular weight is 395 g/mol. The number of nitrogens with zero attached hydrogens (tertiary/aromatic N) is 2. The Kier molecular flexibility index (Phi) is 5.20. The van der Waals surface area contributed by atoms with Crippen molar-refractivity contribution >= 4 is 34.5 Å². The topological polar surface area (TPSA) is 77.9 Å². The molecule has 3 aromatic rings. The number of aromatic amines is 1. The predicted octanol–water partition coefficient (Wildman–Crippen LogP) is 4.15. The van der Waals surface area contributed by atoms with E-state index in [9.17, 15) is 14.3 Å². The van der Waals surface area contributed by atoms with E-state index < -0.39 is 0 Å². The molecule has 7 heteroatoms. The summed E-state index contributed by atoms with van der Waals surface area (Å²) in [6.07, 6.45) is 3.09. The summed E-state index contributed by atoms with van der Waals surface area (Å²) >= 11 is 0. The van der Waals surface area contributed by atoms with Gasteiger partial charge in [0.25, 0.3) is 0 Å². The van der Waals surface area contributed by atoms with Crippen LogP contribution in [0.1, 0.15) is 18.4 Å². The zero-order valence-corrected chi connectivity index (χ0v) is 16.1. The number of fused-ring (bicyclic) bond motifs is 1. The second-order valence-electron chi connectivity index (χ2n) is 7.14. The molecule has 2 N–H and O–H groups in total. The minimum Gasteiger partial charge on any atom is -0.494 e. The van der Waals surface area contributed by atoms with Crippen LogP contribution in [0.2, 0.25) is 0 Å². The minimum atomic E-state index is -0.369. The van der Waals surface area contributed by atoms with Crippen LogP contribution >= 0.6 is 0 Å². The van der Waals surface area contributed by atoms with Gasteiger partial charge in [-0.05, 0) is 55.3 Å². The van der Waals surface area contributed by atoms with Gasteiger partial charge in [-0.15, -0.1) is 0 Å². The van der Waals surface area contributed by atoms with Crippen LogP contribution in [0.15, 0.2) is 47.5 Å². The molecule has 2 aromatic carbocycles. The van der Waals surface area contributed by atoms with Crippen molar-refractivity contribution < 1.29 is 19.0 Å². The van der Waals surface area contributed by atoms with Crippen molar-refractivity contribution in [2.45, 2.75) is 12.8 Å². The van der Waals surface area contributed by atoms with Gasteiger partial charge in [0.05, 0.1) is 24.3 Å². The summed E-state index contributed by atoms with van der Waals surface area (Å²) in [6.45, 7) is 1.61. The quantitative estimate of drug-likeness (QED) is 0.514. The third-order valence-corrected chi connectivity index (χ3v) is 5.37. The highest BCUT2D eigenvalue weighted by atomic mass is 19.1. The molecule has 29 heavy (non-hydrogen) atoms. The first-order valence-electron chi connectivity index (χ1n) is 9.52. The number of rotatable bonds is 4. The molecule has 1 aliphatic rings. The highest BCUT2D eigenvalue weighted by Gasteiger charge is 2.25. The van der Waals surface area contributed by atoms with Crippen molar-refractivity contribution in [2.75, 3.05) is 25.1 Å². The molecule has 1 aliphatic heterocycles. The molecule has 0 aliphatic carbocycles. The van der Waals surface area contributed by atoms with E-state index in [1.54, 1.807) is 6.07 Å². The molecule has 0 spiro atoms. The van der Waals surface area contributed by atoms with Crippen LogP contribution in [-0.2, 0) is 9.53 Å². The molecule has 0 atom stereocenters. The van der Waals surface area contributed by atoms with Gasteiger partial charge in [-0.1, -0.05) is 0 Å². The van der Waals surface area contributed by atoms with E-state index in [2.05, 4.69) is 14.9 Å². The maximum Gasteiger partial charge on any atom is 0.308 e. The van der Waals surface area contributed by atoms with Gasteiger partial charge < -0.3 is 19.7 Å². The van der Waals surface area contributed by atoms with Crippen LogP contribution in [-0.4, -0.2) is 42.5 Å². The molecular formula is C22H22FN3O3. The van der Waals surface area contributed by atoms with Crippen molar-refractivity contribution in [3.8, 4) is 5.88 Å². The Morgan fingerprint density at radius 1 is 1.24 bits per heavy atom. The van der Waals surface area contributed by atoms with Crippen LogP contribution < -0.4 is 4.90 Å². The van der Waals surface area contributed by atoms with E-state index in [1.807, 2.05) is 24.3 Å². The summed E-state index contributed by atoms with van der Waals surface area (Å²) in [5.74, 6) is -0.561. The minimum absolute atomic E-state index is 0.0196. The number of methoxy groups -OCH3 is 1. The lowest BCUT2D eigenvalue weighted by Crippen LogP contribution is -2.36. The first-order valence-corrected chi connectivity index (χ1v) is 9.52. The summed E-state index contributed by atoms with van der Waals surface area (Å²) in [4.78, 5) is 21.1. The Labute approximate surface area is 167 Å². The van der Waals surface area contributed by atoms with Crippen molar-refractivity contribution in [1.82, 2.24) is 4.98 Å². The average Bonchev–Trinajstić information content (AvgIpc) is 3.06. The fraction of sp³-hybridized carbons (Fsp3) is 0.273. The summed E-state index contributed by atoms with van der Waals surface area (Å²) in [5, 5.41) is 10.7. The van der Waals surface area contributed by atoms with Gasteiger partial charge in [0.15, 0.2) is 5.88 Å². The van der Waals surface area contributed by atoms with Gasteiger partial charge in [0.1, 0.15) is 5.82 Å². The normalized spacial score (nSPS) is 15.3. The Balaban J connectivity index is 1.46. The molecule has 0 bridgehead atoms. The fourth-order valence-corrected chi connectivity index (χ4v) is 3.73. The molecule has 6 nitrogen and oxygen atoms in total. The number of piperidine rings is 1. The van der Waals surface area contributed by atoms with E-state index in [0.717, 1.165) is 37.3 Å². The number of hydrogen-bond donors (Lipinski definition) is 2. The number of aromatic nitrogens is 1. The number of benzene rings is 2. The SMILES string of the molecule is COC(=O)C1CCN(c2ccc(N=Cc3c(O)[nH]c4ccc(F)cc34)cc2)CC1. The van der Waals surface area contributed by atoms with Crippen LogP contribution in [0.5, 0.6) is 5.88 Å². The molecule has 2 heterocycles. The number of aromatic hydroxyl groups is 1. The monoisotopic (exact) mass is 395 g/mol. The number of halogens is 1. The van der Waals surface area contributed by atoms with E-state index in [4.69, 9.17) is 4.74 Å². The zero-order valence-electron chi connectivity index (χ0n) is 16.1. The molecule has 0 radical (unpaired) electrons. The van der Waals surface area contributed by atoms with E-state index in [0.29, 0.717) is 16.5 Å². The third kappa shape index (κ3) is 3.94. The Hall–Kier alpha value is -3.35. The van der Waals surface area contributed by atoms with Crippen molar-refractivity contribution in [3.05, 3.63) is 53.8 Å². The fourth-order valence-electron chi connectivity index (χ4n) is 3.73. The van der Waals surface area contributed by atoms with Gasteiger partial charge in [-0.3, -0.25) is 9.79 Å². The smallest absolute Gasteiger partial charge is 0.308 e. The van der Waals surface area contributed by atoms with Crippen molar-refractivity contribution in [1.29, 1.82) is 0 Å². The van der Waals surface area contributed by atoms with E-state index in [-0.39, 0.29) is 23.6 Å². The lowest BCUT2D eigenvalue weighted by Gasteiger charge is -2.32. The molecule has 1 saturated heterocycles. The first kappa shape index (κ1) is 19.0. The predicted molar refractivity (Wildman–Crippen MR) is 111 cm³/mol. The molecular weight excluding hydrogens is 373 g/mol. The van der Waals surface area contributed by atoms with E-state index in [1.165, 1.54) is 25.5 Å². The molecule has 1 fully saturated rings. The second kappa shape index (κ2) is 7.95. The second-order valence-corrected chi connectivity index (χ2v) is 7.14. The number of nitrogens with one attached hydrogen (secondary N) is 1. The van der Waals surface area contributed by atoms with E-state index >= 15 is 0 Å². The number of esters is 1. The van der Waals surface area contributed by atoms with Crippen LogP contribution in [0.3, 0.4) is 0 Å². The highest BCUT2D eigenvalue weighted by molar-refractivity contribution is 6.02. The summed E-state index contributed by atoms with van der Waals surface area (Å²) in [7, 11) is 1.43. The molecule has 1 aromatic heterocycles. The summed E-state index contributed by atoms with van der Waals surface area (Å²) < 4.78 is 18.4. The maximum absolute atomic E-state index is 13.5. The van der Waals surface area contributed by atoms with Crippen LogP contribution in [0.4, 0.5) is 15.8 Å². The van der Waals surface area contributed by atoms with Crippen molar-refractivity contribution in [3.63, 3.8) is 0 Å². The zero-order chi connectivity index (χ0) is 20.4. The number of carbonyl (C=O) groups is 1. The van der Waals surface area contributed by atoms with Crippen molar-refractivity contribution in [2.24, 2.45) is 10.9 Å². The molecule has 0 amide bonds. The number of H-pyrrole nitrogens is 1. The number of ether oxygens (including phenoxy) is 1. The Morgan fingerprint density at radius 2 is 1.97 bits per heavy atom. The van der Waals surface area contributed by atoms with Crippen LogP contribution in [0.25, 0.3) is 10.9 Å². The molecule has 0 saturated carbocycles. The standard InChI is InChI=1S/C22H22FN3O3/c1-29-22(28)14-8-10-26(11-9-14)17-5-3-16(4-6-17)24-13-19-18-12-15(23)2-7-20(18)25-21(19)27/h2-7,12-14,25,27H,8-11H2,1H3. The summed E-state index contributed by atoms with van der Waals surface area (Å²) in [5.41, 5.74) is 2.90. The molecule has 4 rings (SSSR count). The maximum atomic E-state index is 13.5. The Bertz CT molecular complexity index is 1050. The van der Waals surface area contributed by atoms with Gasteiger partial charge in [0.2, 0.25) is 0 Å². The van der Waals surface area contributed by atoms with Gasteiger partial charge in [-0.2, -0.15) is 0 Å². The van der Waals surface area contributed by atoms with Gasteiger partial charge in [-0.25, -0.2) is 4.39 Å². The highest BCUT2D eigenvalue weighted by Crippen LogP contribution is 2.28. The lowest BCUT2D eigenvalue weighted by atomic mass is 9.96. The molecule has 0 unspecified atom stereocenters. The third-order valence-electron chi connectivity index (χ3n) is 5.37. The van der Waals surface area contributed by atoms with Crippen LogP contribution in [0, 0.1) is 11.7 Å². The number of carbonyl (C=O) groups excluding carboxylic acids is 1. The largest absolute Gasteiger partial charge is 0.494 e. The van der Waals surface area contributed by atoms with Gasteiger partial charge >= 0.3 is 5.97 Å². The van der Waals surface area contributed by atoms with Gasteiger partial charge in [0, 0.05) is 35.9 Å². The number of anilines is 1. The lowest BCUT2D eigenvalue weighted by molar-refractivity contribution is -0.146. The number of hydrogen-bond acceptors (Lipinski definition) is 5. The first-order chi connectivity index (χ1) is 14.0. The Morgan fingerprint density at radius 3 is 2.66 bits per heavy atom. The number of aliphatic imine (C=N–C) groups is 1. The summed E-state index contributed by atoms with van der Waals surface area (Å²) in [6, 6.07) is 12.1.